The zero-order valence-electron chi connectivity index (χ0n) is 20.2. The monoisotopic (exact) mass is 549 g/mol. The molecule has 8 heteroatoms. The molecule has 7 nitrogen and oxygen atoms in total. The first kappa shape index (κ1) is 26.6. The Bertz CT molecular complexity index is 599. The van der Waals surface area contributed by atoms with Crippen LogP contribution in [0.5, 0.6) is 0 Å². The second kappa shape index (κ2) is 12.0. The minimum absolute atomic E-state index is 0. The highest BCUT2D eigenvalue weighted by molar-refractivity contribution is 14.0. The standard InChI is InChI=1S/C23H43N5O2.HI/c1-6-24-22(25-16-23(4,5)28-13-17(2)30-18(3)14-28)26-20-11-12-27(15-20)21(29)19-9-7-8-10-19;/h17-20H,6-16H2,1-5H3,(H2,24,25,26);1H. The van der Waals surface area contributed by atoms with Gasteiger partial charge in [-0.15, -0.1) is 24.0 Å². The first-order chi connectivity index (χ1) is 14.3. The third kappa shape index (κ3) is 7.45. The van der Waals surface area contributed by atoms with Gasteiger partial charge in [-0.25, -0.2) is 0 Å². The minimum Gasteiger partial charge on any atom is -0.373 e. The Labute approximate surface area is 206 Å². The number of likely N-dealkylation sites (tertiary alicyclic amines) is 1. The molecule has 0 radical (unpaired) electrons. The summed E-state index contributed by atoms with van der Waals surface area (Å²) in [6.45, 7) is 16.0. The van der Waals surface area contributed by atoms with Crippen LogP contribution in [-0.4, -0.2) is 84.7 Å². The highest BCUT2D eigenvalue weighted by Crippen LogP contribution is 2.28. The minimum atomic E-state index is -0.0329. The lowest BCUT2D eigenvalue weighted by Gasteiger charge is -2.44. The molecule has 0 spiro atoms. The lowest BCUT2D eigenvalue weighted by atomic mass is 10.0. The van der Waals surface area contributed by atoms with Gasteiger partial charge in [0.1, 0.15) is 0 Å². The van der Waals surface area contributed by atoms with Gasteiger partial charge in [0.25, 0.3) is 0 Å². The Balaban J connectivity index is 0.00000341. The molecule has 0 aromatic rings. The van der Waals surface area contributed by atoms with E-state index < -0.39 is 0 Å². The van der Waals surface area contributed by atoms with Crippen LogP contribution in [0.2, 0.25) is 0 Å². The number of morpholine rings is 1. The summed E-state index contributed by atoms with van der Waals surface area (Å²) in [7, 11) is 0. The summed E-state index contributed by atoms with van der Waals surface area (Å²) < 4.78 is 5.90. The Morgan fingerprint density at radius 3 is 2.35 bits per heavy atom. The second-order valence-corrected chi connectivity index (χ2v) is 10.1. The van der Waals surface area contributed by atoms with Gasteiger partial charge in [-0.2, -0.15) is 0 Å². The Hall–Kier alpha value is -0.610. The van der Waals surface area contributed by atoms with Crippen molar-refractivity contribution in [2.45, 2.75) is 90.5 Å². The number of halogens is 1. The Morgan fingerprint density at radius 2 is 1.74 bits per heavy atom. The summed E-state index contributed by atoms with van der Waals surface area (Å²) in [5.74, 6) is 1.50. The molecule has 1 amide bonds. The maximum atomic E-state index is 12.7. The van der Waals surface area contributed by atoms with Gasteiger partial charge in [0.2, 0.25) is 5.91 Å². The number of hydrogen-bond donors (Lipinski definition) is 2. The zero-order valence-corrected chi connectivity index (χ0v) is 22.5. The van der Waals surface area contributed by atoms with Crippen molar-refractivity contribution in [2.75, 3.05) is 39.3 Å². The van der Waals surface area contributed by atoms with E-state index in [1.807, 2.05) is 0 Å². The number of aliphatic imine (C=N–C) groups is 1. The molecule has 3 atom stereocenters. The number of amides is 1. The van der Waals surface area contributed by atoms with Gasteiger partial charge in [-0.3, -0.25) is 14.7 Å². The summed E-state index contributed by atoms with van der Waals surface area (Å²) in [6.07, 6.45) is 6.07. The average molecular weight is 550 g/mol. The average Bonchev–Trinajstić information content (AvgIpc) is 3.37. The molecule has 3 unspecified atom stereocenters. The molecule has 2 saturated heterocycles. The highest BCUT2D eigenvalue weighted by atomic mass is 127. The summed E-state index contributed by atoms with van der Waals surface area (Å²) in [5, 5.41) is 6.98. The van der Waals surface area contributed by atoms with E-state index in [4.69, 9.17) is 9.73 Å². The van der Waals surface area contributed by atoms with Crippen molar-refractivity contribution in [1.29, 1.82) is 0 Å². The van der Waals surface area contributed by atoms with Crippen LogP contribution in [-0.2, 0) is 9.53 Å². The first-order valence-corrected chi connectivity index (χ1v) is 12.0. The zero-order chi connectivity index (χ0) is 21.7. The molecule has 0 aromatic carbocycles. The maximum absolute atomic E-state index is 12.7. The van der Waals surface area contributed by atoms with E-state index in [1.54, 1.807) is 0 Å². The number of carbonyl (C=O) groups is 1. The highest BCUT2D eigenvalue weighted by Gasteiger charge is 2.34. The molecular formula is C23H44IN5O2. The van der Waals surface area contributed by atoms with Crippen LogP contribution in [0.15, 0.2) is 4.99 Å². The van der Waals surface area contributed by atoms with E-state index in [1.165, 1.54) is 12.8 Å². The molecule has 31 heavy (non-hydrogen) atoms. The van der Waals surface area contributed by atoms with Crippen LogP contribution in [0.3, 0.4) is 0 Å². The Morgan fingerprint density at radius 1 is 1.10 bits per heavy atom. The van der Waals surface area contributed by atoms with E-state index in [9.17, 15) is 4.79 Å². The quantitative estimate of drug-likeness (QED) is 0.303. The molecule has 0 bridgehead atoms. The fourth-order valence-corrected chi connectivity index (χ4v) is 5.07. The number of nitrogens with one attached hydrogen (secondary N) is 2. The van der Waals surface area contributed by atoms with E-state index in [2.05, 4.69) is 55.1 Å². The van der Waals surface area contributed by atoms with E-state index in [0.29, 0.717) is 5.91 Å². The lowest BCUT2D eigenvalue weighted by molar-refractivity contribution is -0.134. The molecule has 3 aliphatic rings. The van der Waals surface area contributed by atoms with Crippen LogP contribution in [0, 0.1) is 5.92 Å². The number of carbonyl (C=O) groups excluding carboxylic acids is 1. The Kier molecular flexibility index (Phi) is 10.3. The van der Waals surface area contributed by atoms with Crippen molar-refractivity contribution >= 4 is 35.8 Å². The molecule has 2 heterocycles. The molecule has 1 saturated carbocycles. The largest absolute Gasteiger partial charge is 0.373 e. The van der Waals surface area contributed by atoms with Gasteiger partial charge < -0.3 is 20.3 Å². The molecule has 0 aromatic heterocycles. The smallest absolute Gasteiger partial charge is 0.225 e. The number of nitrogens with zero attached hydrogens (tertiary/aromatic N) is 3. The predicted octanol–water partition coefficient (Wildman–Crippen LogP) is 2.84. The van der Waals surface area contributed by atoms with Crippen molar-refractivity contribution in [1.82, 2.24) is 20.4 Å². The topological polar surface area (TPSA) is 69.2 Å². The van der Waals surface area contributed by atoms with Crippen molar-refractivity contribution in [3.05, 3.63) is 0 Å². The van der Waals surface area contributed by atoms with Gasteiger partial charge >= 0.3 is 0 Å². The van der Waals surface area contributed by atoms with Crippen molar-refractivity contribution < 1.29 is 9.53 Å². The second-order valence-electron chi connectivity index (χ2n) is 10.1. The fourth-order valence-electron chi connectivity index (χ4n) is 5.07. The van der Waals surface area contributed by atoms with Gasteiger partial charge in [0.05, 0.1) is 18.8 Å². The van der Waals surface area contributed by atoms with E-state index in [-0.39, 0.29) is 53.7 Å². The van der Waals surface area contributed by atoms with Gasteiger partial charge in [0.15, 0.2) is 5.96 Å². The van der Waals surface area contributed by atoms with Crippen molar-refractivity contribution in [2.24, 2.45) is 10.9 Å². The third-order valence-electron chi connectivity index (χ3n) is 6.79. The van der Waals surface area contributed by atoms with Crippen LogP contribution in [0.25, 0.3) is 0 Å². The lowest BCUT2D eigenvalue weighted by Crippen LogP contribution is -2.56. The summed E-state index contributed by atoms with van der Waals surface area (Å²) in [5.41, 5.74) is -0.0329. The van der Waals surface area contributed by atoms with E-state index in [0.717, 1.165) is 64.5 Å². The number of ether oxygens (including phenoxy) is 1. The predicted molar refractivity (Wildman–Crippen MR) is 137 cm³/mol. The maximum Gasteiger partial charge on any atom is 0.225 e. The number of hydrogen-bond acceptors (Lipinski definition) is 4. The van der Waals surface area contributed by atoms with E-state index >= 15 is 0 Å². The summed E-state index contributed by atoms with van der Waals surface area (Å²) in [4.78, 5) is 22.2. The van der Waals surface area contributed by atoms with Crippen LogP contribution in [0.1, 0.15) is 66.7 Å². The first-order valence-electron chi connectivity index (χ1n) is 12.0. The van der Waals surface area contributed by atoms with Gasteiger partial charge in [-0.05, 0) is 53.9 Å². The van der Waals surface area contributed by atoms with Crippen LogP contribution in [0.4, 0.5) is 0 Å². The fraction of sp³-hybridized carbons (Fsp3) is 0.913. The normalized spacial score (nSPS) is 28.5. The van der Waals surface area contributed by atoms with Crippen molar-refractivity contribution in [3.8, 4) is 0 Å². The van der Waals surface area contributed by atoms with Gasteiger partial charge in [0, 0.05) is 50.2 Å². The number of rotatable bonds is 6. The van der Waals surface area contributed by atoms with Crippen LogP contribution >= 0.6 is 24.0 Å². The van der Waals surface area contributed by atoms with Crippen LogP contribution < -0.4 is 10.6 Å². The number of guanidine groups is 1. The molecule has 180 valence electrons. The van der Waals surface area contributed by atoms with Gasteiger partial charge in [-0.1, -0.05) is 12.8 Å². The SMILES string of the molecule is CCNC(=NCC(C)(C)N1CC(C)OC(C)C1)NC1CCN(C(=O)C2CCCC2)C1.I. The molecular weight excluding hydrogens is 505 g/mol. The molecule has 3 fully saturated rings. The molecule has 3 rings (SSSR count). The third-order valence-corrected chi connectivity index (χ3v) is 6.79. The molecule has 2 aliphatic heterocycles. The summed E-state index contributed by atoms with van der Waals surface area (Å²) >= 11 is 0. The van der Waals surface area contributed by atoms with Crippen molar-refractivity contribution in [3.63, 3.8) is 0 Å². The molecule has 2 N–H and O–H groups in total. The molecule has 1 aliphatic carbocycles. The summed E-state index contributed by atoms with van der Waals surface area (Å²) in [6, 6.07) is 0.277.